The molecule has 0 amide bonds. The molecule has 0 aliphatic heterocycles. The lowest BCUT2D eigenvalue weighted by molar-refractivity contribution is 1.15. The average Bonchev–Trinajstić information content (AvgIpc) is 3.89. The third-order valence-electron chi connectivity index (χ3n) is 10.9. The molecule has 0 N–H and O–H groups in total. The van der Waals surface area contributed by atoms with Crippen LogP contribution in [0, 0.1) is 18.3 Å². The van der Waals surface area contributed by atoms with Crippen LogP contribution in [0.25, 0.3) is 86.3 Å². The van der Waals surface area contributed by atoms with Gasteiger partial charge in [-0.05, 0) is 121 Å². The van der Waals surface area contributed by atoms with Gasteiger partial charge < -0.3 is 9.13 Å². The maximum atomic E-state index is 9.54. The molecule has 0 saturated carbocycles. The summed E-state index contributed by atoms with van der Waals surface area (Å²) in [7, 11) is 0. The van der Waals surface area contributed by atoms with Gasteiger partial charge in [0.15, 0.2) is 0 Å². The number of nitrogens with zero attached hydrogens (tertiary/aromatic N) is 3. The van der Waals surface area contributed by atoms with Gasteiger partial charge in [0.05, 0.1) is 33.7 Å². The zero-order valence-corrected chi connectivity index (χ0v) is 31.5. The first-order valence-corrected chi connectivity index (χ1v) is 20.0. The fourth-order valence-corrected chi connectivity index (χ4v) is 10.3. The van der Waals surface area contributed by atoms with Crippen LogP contribution < -0.4 is 0 Å². The fraction of sp³-hybridized carbons (Fsp3) is 0.0200. The summed E-state index contributed by atoms with van der Waals surface area (Å²) in [6.45, 7) is 2.19. The molecule has 0 spiro atoms. The minimum absolute atomic E-state index is 0.676. The molecule has 0 bridgehead atoms. The summed E-state index contributed by atoms with van der Waals surface area (Å²) >= 11 is 3.66. The lowest BCUT2D eigenvalue weighted by Gasteiger charge is -2.12. The largest absolute Gasteiger partial charge is 0.309 e. The summed E-state index contributed by atoms with van der Waals surface area (Å²) in [6, 6.07) is 63.6. The van der Waals surface area contributed by atoms with Crippen LogP contribution in [-0.4, -0.2) is 9.13 Å². The summed E-state index contributed by atoms with van der Waals surface area (Å²) in [6.07, 6.45) is 0. The summed E-state index contributed by atoms with van der Waals surface area (Å²) in [4.78, 5) is 2.44. The number of benzene rings is 8. The third kappa shape index (κ3) is 5.11. The standard InChI is InChI=1S/C50H31N3S2/c1-31-26-35(52-46-13-7-4-10-40(46)41-27-32(30-51)14-22-47(41)52)18-24-48(31)54-37-20-15-33(16-21-37)34-17-23-49-42(28-34)43-29-36(19-25-50(43)55-49)53-44-11-5-2-8-38(44)39-9-3-6-12-45(39)53/h2-29H,1H3. The molecule has 0 saturated heterocycles. The first kappa shape index (κ1) is 31.9. The zero-order valence-electron chi connectivity index (χ0n) is 29.8. The van der Waals surface area contributed by atoms with E-state index in [-0.39, 0.29) is 0 Å². The molecule has 11 aromatic rings. The average molecular weight is 738 g/mol. The minimum Gasteiger partial charge on any atom is -0.309 e. The van der Waals surface area contributed by atoms with Crippen molar-refractivity contribution < 1.29 is 0 Å². The van der Waals surface area contributed by atoms with E-state index in [1.54, 1.807) is 11.8 Å². The molecule has 0 aliphatic carbocycles. The molecule has 11 rings (SSSR count). The fourth-order valence-electron chi connectivity index (χ4n) is 8.33. The van der Waals surface area contributed by atoms with E-state index in [1.807, 2.05) is 23.5 Å². The highest BCUT2D eigenvalue weighted by molar-refractivity contribution is 7.99. The monoisotopic (exact) mass is 737 g/mol. The number of hydrogen-bond acceptors (Lipinski definition) is 3. The van der Waals surface area contributed by atoms with E-state index in [4.69, 9.17) is 0 Å². The highest BCUT2D eigenvalue weighted by Gasteiger charge is 2.16. The Morgan fingerprint density at radius 1 is 0.473 bits per heavy atom. The van der Waals surface area contributed by atoms with Crippen molar-refractivity contribution in [1.29, 1.82) is 5.26 Å². The lowest BCUT2D eigenvalue weighted by Crippen LogP contribution is -1.95. The van der Waals surface area contributed by atoms with E-state index in [0.717, 1.165) is 27.5 Å². The van der Waals surface area contributed by atoms with Gasteiger partial charge in [0.2, 0.25) is 0 Å². The van der Waals surface area contributed by atoms with Crippen LogP contribution in [0.5, 0.6) is 0 Å². The van der Waals surface area contributed by atoms with Crippen LogP contribution in [0.1, 0.15) is 11.1 Å². The molecule has 3 heterocycles. The van der Waals surface area contributed by atoms with Crippen LogP contribution in [0.3, 0.4) is 0 Å². The molecule has 3 nitrogen and oxygen atoms in total. The molecule has 5 heteroatoms. The molecular weight excluding hydrogens is 707 g/mol. The normalized spacial score (nSPS) is 11.8. The third-order valence-corrected chi connectivity index (χ3v) is 13.3. The van der Waals surface area contributed by atoms with Gasteiger partial charge in [0.25, 0.3) is 0 Å². The molecule has 258 valence electrons. The Labute approximate surface area is 325 Å². The van der Waals surface area contributed by atoms with E-state index in [2.05, 4.69) is 180 Å². The van der Waals surface area contributed by atoms with Crippen LogP contribution in [0.15, 0.2) is 180 Å². The van der Waals surface area contributed by atoms with Crippen molar-refractivity contribution in [3.05, 3.63) is 181 Å². The van der Waals surface area contributed by atoms with Crippen LogP contribution in [-0.2, 0) is 0 Å². The predicted molar refractivity (Wildman–Crippen MR) is 233 cm³/mol. The number of thiophene rings is 1. The molecule has 0 radical (unpaired) electrons. The number of aromatic nitrogens is 2. The predicted octanol–water partition coefficient (Wildman–Crippen LogP) is 14.2. The Hall–Kier alpha value is -6.58. The Bertz CT molecular complexity index is 3320. The van der Waals surface area contributed by atoms with E-state index >= 15 is 0 Å². The smallest absolute Gasteiger partial charge is 0.0991 e. The molecule has 55 heavy (non-hydrogen) atoms. The Morgan fingerprint density at radius 3 is 1.67 bits per heavy atom. The molecule has 3 aromatic heterocycles. The van der Waals surface area contributed by atoms with E-state index in [0.29, 0.717) is 5.56 Å². The van der Waals surface area contributed by atoms with Gasteiger partial charge in [-0.2, -0.15) is 5.26 Å². The van der Waals surface area contributed by atoms with Gasteiger partial charge in [0.1, 0.15) is 0 Å². The van der Waals surface area contributed by atoms with E-state index in [1.165, 1.54) is 74.1 Å². The minimum atomic E-state index is 0.676. The summed E-state index contributed by atoms with van der Waals surface area (Å²) < 4.78 is 7.31. The van der Waals surface area contributed by atoms with Crippen LogP contribution >= 0.6 is 23.1 Å². The van der Waals surface area contributed by atoms with Crippen molar-refractivity contribution in [2.24, 2.45) is 0 Å². The number of hydrogen-bond donors (Lipinski definition) is 0. The number of rotatable bonds is 5. The molecule has 0 aliphatic rings. The highest BCUT2D eigenvalue weighted by atomic mass is 32.2. The van der Waals surface area contributed by atoms with Gasteiger partial charge in [-0.3, -0.25) is 0 Å². The number of aryl methyl sites for hydroxylation is 1. The quantitative estimate of drug-likeness (QED) is 0.176. The second-order valence-corrected chi connectivity index (χ2v) is 16.3. The summed E-state index contributed by atoms with van der Waals surface area (Å²) in [5, 5.41) is 16.9. The van der Waals surface area contributed by atoms with Crippen molar-refractivity contribution in [2.45, 2.75) is 16.7 Å². The second kappa shape index (κ2) is 12.5. The van der Waals surface area contributed by atoms with Crippen molar-refractivity contribution >= 4 is 86.9 Å². The molecule has 0 atom stereocenters. The number of nitriles is 1. The highest BCUT2D eigenvalue weighted by Crippen LogP contribution is 2.41. The van der Waals surface area contributed by atoms with Crippen molar-refractivity contribution in [3.63, 3.8) is 0 Å². The van der Waals surface area contributed by atoms with E-state index in [9.17, 15) is 5.26 Å². The van der Waals surface area contributed by atoms with Gasteiger partial charge in [-0.1, -0.05) is 84.6 Å². The first-order chi connectivity index (χ1) is 27.1. The number of para-hydroxylation sites is 3. The van der Waals surface area contributed by atoms with E-state index < -0.39 is 0 Å². The SMILES string of the molecule is Cc1cc(-n2c3ccccc3c3cc(C#N)ccc32)ccc1Sc1ccc(-c2ccc3sc4ccc(-n5c6ccccc6c6ccccc65)cc4c3c2)cc1. The molecule has 0 fully saturated rings. The number of fused-ring (bicyclic) bond motifs is 9. The zero-order chi connectivity index (χ0) is 36.6. The maximum Gasteiger partial charge on any atom is 0.0991 e. The van der Waals surface area contributed by atoms with Gasteiger partial charge >= 0.3 is 0 Å². The first-order valence-electron chi connectivity index (χ1n) is 18.4. The maximum absolute atomic E-state index is 9.54. The molecular formula is C50H31N3S2. The van der Waals surface area contributed by atoms with Crippen molar-refractivity contribution in [3.8, 4) is 28.6 Å². The van der Waals surface area contributed by atoms with Crippen LogP contribution in [0.2, 0.25) is 0 Å². The summed E-state index contributed by atoms with van der Waals surface area (Å²) in [5.74, 6) is 0. The Kier molecular flexibility index (Phi) is 7.25. The van der Waals surface area contributed by atoms with Gasteiger partial charge in [-0.15, -0.1) is 11.3 Å². The Balaban J connectivity index is 0.907. The molecule has 8 aromatic carbocycles. The van der Waals surface area contributed by atoms with Crippen LogP contribution in [0.4, 0.5) is 0 Å². The van der Waals surface area contributed by atoms with Crippen molar-refractivity contribution in [1.82, 2.24) is 9.13 Å². The van der Waals surface area contributed by atoms with Gasteiger partial charge in [-0.25, -0.2) is 0 Å². The second-order valence-electron chi connectivity index (χ2n) is 14.1. The van der Waals surface area contributed by atoms with Crippen molar-refractivity contribution in [2.75, 3.05) is 0 Å². The van der Waals surface area contributed by atoms with Gasteiger partial charge in [0, 0.05) is 62.9 Å². The topological polar surface area (TPSA) is 33.6 Å². The lowest BCUT2D eigenvalue weighted by atomic mass is 10.0. The Morgan fingerprint density at radius 2 is 1.02 bits per heavy atom. The summed E-state index contributed by atoms with van der Waals surface area (Å²) in [5.41, 5.74) is 11.3. The molecule has 0 unspecified atom stereocenters.